The van der Waals surface area contributed by atoms with Gasteiger partial charge >= 0.3 is 0 Å². The van der Waals surface area contributed by atoms with Gasteiger partial charge in [-0.3, -0.25) is 4.79 Å². The van der Waals surface area contributed by atoms with Crippen molar-refractivity contribution in [2.24, 2.45) is 5.92 Å². The normalized spacial score (nSPS) is 20.8. The minimum Gasteiger partial charge on any atom is -0.350 e. The minimum atomic E-state index is -0.0541. The smallest absolute Gasteiger partial charge is 0.263 e. The summed E-state index contributed by atoms with van der Waals surface area (Å²) in [5.41, 5.74) is 0. The Hall–Kier alpha value is -1.43. The fraction of sp³-hybridized carbons (Fsp3) is 0.471. The summed E-state index contributed by atoms with van der Waals surface area (Å²) in [5, 5.41) is 1.15. The first-order chi connectivity index (χ1) is 10.8. The molecule has 0 N–H and O–H groups in total. The van der Waals surface area contributed by atoms with Crippen molar-refractivity contribution in [3.8, 4) is 0 Å². The second-order valence-corrected chi connectivity index (χ2v) is 6.97. The van der Waals surface area contributed by atoms with E-state index in [0.29, 0.717) is 19.1 Å². The number of rotatable bonds is 2. The number of likely N-dealkylation sites (tertiary alicyclic amines) is 1. The third-order valence-corrected chi connectivity index (χ3v) is 5.60. The van der Waals surface area contributed by atoms with E-state index >= 15 is 0 Å². The second-order valence-electron chi connectivity index (χ2n) is 5.89. The largest absolute Gasteiger partial charge is 0.350 e. The van der Waals surface area contributed by atoms with Gasteiger partial charge in [-0.1, -0.05) is 18.2 Å². The number of benzene rings is 1. The first kappa shape index (κ1) is 14.2. The van der Waals surface area contributed by atoms with Crippen LogP contribution >= 0.6 is 11.3 Å². The van der Waals surface area contributed by atoms with Crippen molar-refractivity contribution in [1.82, 2.24) is 4.90 Å². The van der Waals surface area contributed by atoms with Crippen LogP contribution < -0.4 is 0 Å². The zero-order valence-electron chi connectivity index (χ0n) is 12.4. The molecule has 2 saturated heterocycles. The van der Waals surface area contributed by atoms with Crippen LogP contribution in [0.4, 0.5) is 0 Å². The minimum absolute atomic E-state index is 0.0541. The SMILES string of the molecule is O=C(c1cc2ccccc2s1)N1CCC(C2OCCO2)CC1. The first-order valence-electron chi connectivity index (χ1n) is 7.82. The second kappa shape index (κ2) is 5.99. The molecule has 4 rings (SSSR count). The molecule has 1 aromatic heterocycles. The van der Waals surface area contributed by atoms with Crippen LogP contribution in [0, 0.1) is 5.92 Å². The van der Waals surface area contributed by atoms with Gasteiger partial charge in [0.15, 0.2) is 6.29 Å². The fourth-order valence-corrected chi connectivity index (χ4v) is 4.30. The molecule has 0 atom stereocenters. The van der Waals surface area contributed by atoms with Crippen LogP contribution in [0.2, 0.25) is 0 Å². The molecule has 22 heavy (non-hydrogen) atoms. The highest BCUT2D eigenvalue weighted by atomic mass is 32.1. The van der Waals surface area contributed by atoms with Gasteiger partial charge in [0.25, 0.3) is 5.91 Å². The number of hydrogen-bond acceptors (Lipinski definition) is 4. The average molecular weight is 317 g/mol. The molecule has 2 aliphatic rings. The zero-order chi connectivity index (χ0) is 14.9. The Kier molecular flexibility index (Phi) is 3.86. The third kappa shape index (κ3) is 2.64. The van der Waals surface area contributed by atoms with Crippen molar-refractivity contribution >= 4 is 27.3 Å². The molecule has 1 aromatic carbocycles. The Bertz CT molecular complexity index is 636. The Morgan fingerprint density at radius 1 is 1.14 bits per heavy atom. The maximum Gasteiger partial charge on any atom is 0.263 e. The number of piperidine rings is 1. The molecule has 0 aliphatic carbocycles. The number of amides is 1. The van der Waals surface area contributed by atoms with Crippen molar-refractivity contribution in [1.29, 1.82) is 0 Å². The van der Waals surface area contributed by atoms with Crippen molar-refractivity contribution in [2.75, 3.05) is 26.3 Å². The van der Waals surface area contributed by atoms with Crippen LogP contribution in [0.1, 0.15) is 22.5 Å². The van der Waals surface area contributed by atoms with Crippen LogP contribution in [0.25, 0.3) is 10.1 Å². The Balaban J connectivity index is 1.43. The van der Waals surface area contributed by atoms with E-state index in [-0.39, 0.29) is 12.2 Å². The molecule has 1 amide bonds. The average Bonchev–Trinajstić information content (AvgIpc) is 3.23. The van der Waals surface area contributed by atoms with Crippen LogP contribution in [0.5, 0.6) is 0 Å². The van der Waals surface area contributed by atoms with Gasteiger partial charge in [-0.05, 0) is 30.4 Å². The summed E-state index contributed by atoms with van der Waals surface area (Å²) in [5.74, 6) is 0.585. The maximum atomic E-state index is 12.7. The molecule has 2 aliphatic heterocycles. The third-order valence-electron chi connectivity index (χ3n) is 4.50. The molecule has 2 aromatic rings. The standard InChI is InChI=1S/C17H19NO3S/c19-16(15-11-13-3-1-2-4-14(13)22-15)18-7-5-12(6-8-18)17-20-9-10-21-17/h1-4,11-12,17H,5-10H2. The van der Waals surface area contributed by atoms with Crippen LogP contribution in [0.15, 0.2) is 30.3 Å². The molecular formula is C17H19NO3S. The van der Waals surface area contributed by atoms with Gasteiger partial charge in [0.2, 0.25) is 0 Å². The topological polar surface area (TPSA) is 38.8 Å². The van der Waals surface area contributed by atoms with Crippen molar-refractivity contribution in [2.45, 2.75) is 19.1 Å². The van der Waals surface area contributed by atoms with Gasteiger partial charge in [0, 0.05) is 23.7 Å². The Morgan fingerprint density at radius 3 is 2.59 bits per heavy atom. The molecule has 0 bridgehead atoms. The predicted molar refractivity (Wildman–Crippen MR) is 86.1 cm³/mol. The summed E-state index contributed by atoms with van der Waals surface area (Å²) >= 11 is 1.58. The van der Waals surface area contributed by atoms with E-state index in [2.05, 4.69) is 12.1 Å². The number of carbonyl (C=O) groups is 1. The number of thiophene rings is 1. The summed E-state index contributed by atoms with van der Waals surface area (Å²) in [6.07, 6.45) is 1.87. The summed E-state index contributed by atoms with van der Waals surface area (Å²) in [7, 11) is 0. The first-order valence-corrected chi connectivity index (χ1v) is 8.64. The zero-order valence-corrected chi connectivity index (χ0v) is 13.2. The highest BCUT2D eigenvalue weighted by Crippen LogP contribution is 2.29. The van der Waals surface area contributed by atoms with Crippen molar-refractivity contribution in [3.63, 3.8) is 0 Å². The highest BCUT2D eigenvalue weighted by Gasteiger charge is 2.32. The van der Waals surface area contributed by atoms with Gasteiger partial charge in [-0.2, -0.15) is 0 Å². The summed E-state index contributed by atoms with van der Waals surface area (Å²) < 4.78 is 12.4. The lowest BCUT2D eigenvalue weighted by Gasteiger charge is -2.33. The molecular weight excluding hydrogens is 298 g/mol. The van der Waals surface area contributed by atoms with E-state index in [1.54, 1.807) is 11.3 Å². The number of carbonyl (C=O) groups excluding carboxylic acids is 1. The molecule has 0 saturated carbocycles. The van der Waals surface area contributed by atoms with Crippen molar-refractivity contribution in [3.05, 3.63) is 35.2 Å². The van der Waals surface area contributed by atoms with E-state index < -0.39 is 0 Å². The molecule has 4 nitrogen and oxygen atoms in total. The van der Waals surface area contributed by atoms with Gasteiger partial charge < -0.3 is 14.4 Å². The lowest BCUT2D eigenvalue weighted by Crippen LogP contribution is -2.41. The van der Waals surface area contributed by atoms with E-state index in [0.717, 1.165) is 36.2 Å². The van der Waals surface area contributed by atoms with Gasteiger partial charge in [-0.25, -0.2) is 0 Å². The predicted octanol–water partition coefficient (Wildman–Crippen LogP) is 3.13. The lowest BCUT2D eigenvalue weighted by atomic mass is 9.96. The Labute approximate surface area is 133 Å². The monoisotopic (exact) mass is 317 g/mol. The molecule has 2 fully saturated rings. The van der Waals surface area contributed by atoms with Gasteiger partial charge in [-0.15, -0.1) is 11.3 Å². The number of nitrogens with zero attached hydrogens (tertiary/aromatic N) is 1. The number of hydrogen-bond donors (Lipinski definition) is 0. The number of fused-ring (bicyclic) bond motifs is 1. The molecule has 116 valence electrons. The molecule has 0 unspecified atom stereocenters. The molecule has 3 heterocycles. The van der Waals surface area contributed by atoms with Crippen LogP contribution in [-0.2, 0) is 9.47 Å². The van der Waals surface area contributed by atoms with Gasteiger partial charge in [0.05, 0.1) is 18.1 Å². The van der Waals surface area contributed by atoms with E-state index in [4.69, 9.17) is 9.47 Å². The lowest BCUT2D eigenvalue weighted by molar-refractivity contribution is -0.0955. The fourth-order valence-electron chi connectivity index (χ4n) is 3.27. The van der Waals surface area contributed by atoms with Gasteiger partial charge in [0.1, 0.15) is 0 Å². The summed E-state index contributed by atoms with van der Waals surface area (Å²) in [6.45, 7) is 2.99. The van der Waals surface area contributed by atoms with Crippen LogP contribution in [-0.4, -0.2) is 43.4 Å². The van der Waals surface area contributed by atoms with Crippen molar-refractivity contribution < 1.29 is 14.3 Å². The molecule has 5 heteroatoms. The van der Waals surface area contributed by atoms with Crippen LogP contribution in [0.3, 0.4) is 0 Å². The Morgan fingerprint density at radius 2 is 1.86 bits per heavy atom. The maximum absolute atomic E-state index is 12.7. The molecule has 0 radical (unpaired) electrons. The number of ether oxygens (including phenoxy) is 2. The summed E-state index contributed by atoms with van der Waals surface area (Å²) in [4.78, 5) is 15.5. The van der Waals surface area contributed by atoms with E-state index in [1.807, 2.05) is 23.1 Å². The summed E-state index contributed by atoms with van der Waals surface area (Å²) in [6, 6.07) is 10.2. The quantitative estimate of drug-likeness (QED) is 0.854. The van der Waals surface area contributed by atoms with E-state index in [9.17, 15) is 4.79 Å². The highest BCUT2D eigenvalue weighted by molar-refractivity contribution is 7.20. The van der Waals surface area contributed by atoms with E-state index in [1.165, 1.54) is 4.70 Å². The molecule has 0 spiro atoms.